The average Bonchev–Trinajstić information content (AvgIpc) is 2.27. The van der Waals surface area contributed by atoms with Crippen LogP contribution < -0.4 is 5.73 Å². The van der Waals surface area contributed by atoms with E-state index in [1.54, 1.807) is 13.2 Å². The molecule has 0 aliphatic carbocycles. The van der Waals surface area contributed by atoms with Crippen LogP contribution in [0.25, 0.3) is 0 Å². The molecule has 3 nitrogen and oxygen atoms in total. The summed E-state index contributed by atoms with van der Waals surface area (Å²) in [4.78, 5) is 11.8. The molecule has 0 fully saturated rings. The fourth-order valence-electron chi connectivity index (χ4n) is 1.65. The lowest BCUT2D eigenvalue weighted by atomic mass is 10.0. The van der Waals surface area contributed by atoms with Crippen molar-refractivity contribution in [2.75, 3.05) is 13.7 Å². The highest BCUT2D eigenvalue weighted by atomic mass is 79.9. The van der Waals surface area contributed by atoms with Crippen molar-refractivity contribution in [3.63, 3.8) is 0 Å². The summed E-state index contributed by atoms with van der Waals surface area (Å²) in [5, 5.41) is 0. The number of ketones is 1. The first kappa shape index (κ1) is 15.3. The number of ether oxygens (including phenoxy) is 1. The highest BCUT2D eigenvalue weighted by Crippen LogP contribution is 2.16. The Morgan fingerprint density at radius 2 is 2.22 bits per heavy atom. The van der Waals surface area contributed by atoms with Gasteiger partial charge < -0.3 is 10.5 Å². The maximum absolute atomic E-state index is 13.1. The zero-order valence-electron chi connectivity index (χ0n) is 10.3. The number of methoxy groups -OCH3 is 1. The zero-order valence-corrected chi connectivity index (χ0v) is 11.9. The molecule has 0 spiro atoms. The third-order valence-corrected chi connectivity index (χ3v) is 3.04. The van der Waals surface area contributed by atoms with Crippen LogP contribution in [0.2, 0.25) is 0 Å². The van der Waals surface area contributed by atoms with Crippen molar-refractivity contribution in [3.8, 4) is 0 Å². The van der Waals surface area contributed by atoms with Crippen molar-refractivity contribution >= 4 is 21.7 Å². The van der Waals surface area contributed by atoms with Gasteiger partial charge in [-0.05, 0) is 36.6 Å². The molecule has 1 atom stereocenters. The van der Waals surface area contributed by atoms with Crippen LogP contribution in [0.1, 0.15) is 18.4 Å². The van der Waals surface area contributed by atoms with Gasteiger partial charge in [0.15, 0.2) is 5.78 Å². The van der Waals surface area contributed by atoms with Crippen LogP contribution in [-0.4, -0.2) is 25.5 Å². The fraction of sp³-hybridized carbons (Fsp3) is 0.462. The molecule has 1 aromatic carbocycles. The van der Waals surface area contributed by atoms with Crippen molar-refractivity contribution in [1.29, 1.82) is 0 Å². The number of Topliss-reactive ketones (excluding diaryl/α,β-unsaturated/α-hetero) is 1. The molecule has 0 saturated carbocycles. The van der Waals surface area contributed by atoms with E-state index in [-0.39, 0.29) is 18.0 Å². The minimum Gasteiger partial charge on any atom is -0.385 e. The number of benzene rings is 1. The molecule has 0 radical (unpaired) electrons. The van der Waals surface area contributed by atoms with E-state index in [1.807, 2.05) is 0 Å². The van der Waals surface area contributed by atoms with Gasteiger partial charge in [-0.15, -0.1) is 0 Å². The van der Waals surface area contributed by atoms with Crippen molar-refractivity contribution in [3.05, 3.63) is 34.1 Å². The van der Waals surface area contributed by atoms with Crippen molar-refractivity contribution in [2.45, 2.75) is 25.3 Å². The Morgan fingerprint density at radius 3 is 2.83 bits per heavy atom. The predicted molar refractivity (Wildman–Crippen MR) is 71.9 cm³/mol. The van der Waals surface area contributed by atoms with E-state index in [0.717, 1.165) is 6.42 Å². The highest BCUT2D eigenvalue weighted by Gasteiger charge is 2.14. The summed E-state index contributed by atoms with van der Waals surface area (Å²) < 4.78 is 18.7. The fourth-order valence-corrected chi connectivity index (χ4v) is 2.17. The molecule has 0 aliphatic heterocycles. The van der Waals surface area contributed by atoms with Crippen LogP contribution >= 0.6 is 15.9 Å². The molecule has 18 heavy (non-hydrogen) atoms. The second-order valence-electron chi connectivity index (χ2n) is 4.16. The van der Waals surface area contributed by atoms with Crippen molar-refractivity contribution in [2.24, 2.45) is 5.73 Å². The molecule has 1 rings (SSSR count). The van der Waals surface area contributed by atoms with E-state index in [0.29, 0.717) is 23.1 Å². The minimum absolute atomic E-state index is 0.0800. The van der Waals surface area contributed by atoms with Crippen LogP contribution in [0.15, 0.2) is 22.7 Å². The van der Waals surface area contributed by atoms with E-state index >= 15 is 0 Å². The Morgan fingerprint density at radius 1 is 1.50 bits per heavy atom. The van der Waals surface area contributed by atoms with E-state index < -0.39 is 6.04 Å². The maximum Gasteiger partial charge on any atom is 0.153 e. The Kier molecular flexibility index (Phi) is 6.46. The van der Waals surface area contributed by atoms with E-state index in [2.05, 4.69) is 15.9 Å². The molecule has 0 saturated heterocycles. The van der Waals surface area contributed by atoms with E-state index in [1.165, 1.54) is 12.1 Å². The summed E-state index contributed by atoms with van der Waals surface area (Å²) in [5.41, 5.74) is 6.40. The third-order valence-electron chi connectivity index (χ3n) is 2.58. The van der Waals surface area contributed by atoms with Gasteiger partial charge in [-0.25, -0.2) is 4.39 Å². The molecular weight excluding hydrogens is 301 g/mol. The first-order valence-corrected chi connectivity index (χ1v) is 6.54. The number of hydrogen-bond donors (Lipinski definition) is 1. The summed E-state index contributed by atoms with van der Waals surface area (Å²) in [6, 6.07) is 3.92. The summed E-state index contributed by atoms with van der Waals surface area (Å²) in [6.07, 6.45) is 1.49. The number of halogens is 2. The lowest BCUT2D eigenvalue weighted by Crippen LogP contribution is -2.32. The second-order valence-corrected chi connectivity index (χ2v) is 5.08. The van der Waals surface area contributed by atoms with Gasteiger partial charge in [-0.1, -0.05) is 15.9 Å². The monoisotopic (exact) mass is 317 g/mol. The summed E-state index contributed by atoms with van der Waals surface area (Å²) in [6.45, 7) is 0.590. The molecule has 100 valence electrons. The number of carbonyl (C=O) groups is 1. The van der Waals surface area contributed by atoms with Gasteiger partial charge >= 0.3 is 0 Å². The van der Waals surface area contributed by atoms with E-state index in [4.69, 9.17) is 10.5 Å². The standard InChI is InChI=1S/C13H17BrFNO2/c1-18-4-2-3-12(16)13(17)7-9-5-10(14)8-11(15)6-9/h5-6,8,12H,2-4,7,16H2,1H3. The third kappa shape index (κ3) is 5.25. The lowest BCUT2D eigenvalue weighted by Gasteiger charge is -2.10. The SMILES string of the molecule is COCCCC(N)C(=O)Cc1cc(F)cc(Br)c1. The smallest absolute Gasteiger partial charge is 0.153 e. The van der Waals surface area contributed by atoms with Gasteiger partial charge in [0.1, 0.15) is 5.82 Å². The molecule has 2 N–H and O–H groups in total. The summed E-state index contributed by atoms with van der Waals surface area (Å²) in [7, 11) is 1.61. The summed E-state index contributed by atoms with van der Waals surface area (Å²) in [5.74, 6) is -0.441. The largest absolute Gasteiger partial charge is 0.385 e. The van der Waals surface area contributed by atoms with E-state index in [9.17, 15) is 9.18 Å². The molecule has 0 bridgehead atoms. The number of hydrogen-bond acceptors (Lipinski definition) is 3. The Labute approximate surface area is 115 Å². The van der Waals surface area contributed by atoms with Gasteiger partial charge in [-0.3, -0.25) is 4.79 Å². The van der Waals surface area contributed by atoms with Gasteiger partial charge in [0, 0.05) is 24.6 Å². The normalized spacial score (nSPS) is 12.4. The molecule has 5 heteroatoms. The van der Waals surface area contributed by atoms with Crippen molar-refractivity contribution < 1.29 is 13.9 Å². The zero-order chi connectivity index (χ0) is 13.5. The molecule has 1 aromatic rings. The van der Waals surface area contributed by atoms with Crippen molar-refractivity contribution in [1.82, 2.24) is 0 Å². The first-order valence-electron chi connectivity index (χ1n) is 5.75. The molecule has 0 heterocycles. The van der Waals surface area contributed by atoms with Gasteiger partial charge in [0.25, 0.3) is 0 Å². The lowest BCUT2D eigenvalue weighted by molar-refractivity contribution is -0.119. The Balaban J connectivity index is 2.52. The number of carbonyl (C=O) groups excluding carboxylic acids is 1. The predicted octanol–water partition coefficient (Wildman–Crippen LogP) is 2.45. The first-order chi connectivity index (χ1) is 8.52. The summed E-state index contributed by atoms with van der Waals surface area (Å²) >= 11 is 3.19. The number of rotatable bonds is 7. The molecule has 0 aromatic heterocycles. The maximum atomic E-state index is 13.1. The van der Waals surface area contributed by atoms with Crippen LogP contribution in [0, 0.1) is 5.82 Å². The van der Waals surface area contributed by atoms with Crippen LogP contribution in [-0.2, 0) is 16.0 Å². The minimum atomic E-state index is -0.512. The van der Waals surface area contributed by atoms with Crippen LogP contribution in [0.3, 0.4) is 0 Å². The molecule has 1 unspecified atom stereocenters. The second kappa shape index (κ2) is 7.61. The van der Waals surface area contributed by atoms with Crippen LogP contribution in [0.5, 0.6) is 0 Å². The molecular formula is C13H17BrFNO2. The van der Waals surface area contributed by atoms with Gasteiger partial charge in [-0.2, -0.15) is 0 Å². The van der Waals surface area contributed by atoms with Crippen LogP contribution in [0.4, 0.5) is 4.39 Å². The molecule has 0 amide bonds. The average molecular weight is 318 g/mol. The van der Waals surface area contributed by atoms with Gasteiger partial charge in [0.2, 0.25) is 0 Å². The quantitative estimate of drug-likeness (QED) is 0.786. The highest BCUT2D eigenvalue weighted by molar-refractivity contribution is 9.10. The number of nitrogens with two attached hydrogens (primary N) is 1. The topological polar surface area (TPSA) is 52.3 Å². The van der Waals surface area contributed by atoms with Gasteiger partial charge in [0.05, 0.1) is 6.04 Å². The Bertz CT molecular complexity index is 392. The molecule has 0 aliphatic rings. The Hall–Kier alpha value is -0.780.